The number of hydrogen-bond donors (Lipinski definition) is 1. The maximum atomic E-state index is 8.89. The quantitative estimate of drug-likeness (QED) is 0.463. The van der Waals surface area contributed by atoms with Crippen molar-refractivity contribution < 1.29 is 5.11 Å². The molecule has 0 saturated carbocycles. The third-order valence-corrected chi connectivity index (χ3v) is 1.76. The lowest BCUT2D eigenvalue weighted by Gasteiger charge is -2.00. The molecule has 11 heavy (non-hydrogen) atoms. The van der Waals surface area contributed by atoms with E-state index in [1.165, 1.54) is 18.4 Å². The number of hydrogen-bond acceptors (Lipinski definition) is 1. The van der Waals surface area contributed by atoms with E-state index in [1.54, 1.807) is 0 Å². The van der Waals surface area contributed by atoms with Gasteiger partial charge in [0.15, 0.2) is 0 Å². The van der Waals surface area contributed by atoms with Crippen molar-refractivity contribution in [3.05, 3.63) is 11.6 Å². The van der Waals surface area contributed by atoms with Gasteiger partial charge >= 0.3 is 0 Å². The van der Waals surface area contributed by atoms with Crippen LogP contribution in [0.15, 0.2) is 11.6 Å². The second kappa shape index (κ2) is 7.80. The molecule has 0 amide bonds. The second-order valence-electron chi connectivity index (χ2n) is 2.91. The number of allylic oxidation sites excluding steroid dienone is 1. The third-order valence-electron chi connectivity index (χ3n) is 1.76. The van der Waals surface area contributed by atoms with Crippen molar-refractivity contribution in [3.63, 3.8) is 0 Å². The fourth-order valence-corrected chi connectivity index (χ4v) is 1.08. The van der Waals surface area contributed by atoms with Crippen molar-refractivity contribution in [3.8, 4) is 0 Å². The van der Waals surface area contributed by atoms with Gasteiger partial charge in [0.2, 0.25) is 0 Å². The average molecular weight is 156 g/mol. The van der Waals surface area contributed by atoms with Crippen LogP contribution in [0.3, 0.4) is 0 Å². The number of aliphatic hydroxyl groups is 1. The number of unbranched alkanes of at least 4 members (excludes halogenated alkanes) is 2. The Labute approximate surface area is 70.1 Å². The maximum absolute atomic E-state index is 8.89. The first-order chi connectivity index (χ1) is 5.35. The van der Waals surface area contributed by atoms with Gasteiger partial charge in [-0.2, -0.15) is 0 Å². The Morgan fingerprint density at radius 2 is 2.00 bits per heavy atom. The lowest BCUT2D eigenvalue weighted by Crippen LogP contribution is -1.89. The van der Waals surface area contributed by atoms with E-state index in [-0.39, 0.29) is 6.61 Å². The fourth-order valence-electron chi connectivity index (χ4n) is 1.08. The molecule has 0 radical (unpaired) electrons. The lowest BCUT2D eigenvalue weighted by atomic mass is 10.1. The van der Waals surface area contributed by atoms with E-state index in [2.05, 4.69) is 19.9 Å². The van der Waals surface area contributed by atoms with E-state index in [9.17, 15) is 0 Å². The van der Waals surface area contributed by atoms with Crippen molar-refractivity contribution in [2.45, 2.75) is 46.0 Å². The van der Waals surface area contributed by atoms with Gasteiger partial charge < -0.3 is 5.11 Å². The molecule has 0 aromatic carbocycles. The van der Waals surface area contributed by atoms with Crippen molar-refractivity contribution in [1.29, 1.82) is 0 Å². The minimum atomic E-state index is 0.248. The summed E-state index contributed by atoms with van der Waals surface area (Å²) in [6.07, 6.45) is 7.99. The predicted octanol–water partition coefficient (Wildman–Crippen LogP) is 2.90. The molecule has 1 nitrogen and oxygen atoms in total. The summed E-state index contributed by atoms with van der Waals surface area (Å²) in [5.41, 5.74) is 1.21. The first-order valence-electron chi connectivity index (χ1n) is 4.63. The normalized spacial score (nSPS) is 12.1. The Kier molecular flexibility index (Phi) is 7.59. The monoisotopic (exact) mass is 156 g/mol. The van der Waals surface area contributed by atoms with Crippen LogP contribution in [0.5, 0.6) is 0 Å². The summed E-state index contributed by atoms with van der Waals surface area (Å²) in [5.74, 6) is 0. The highest BCUT2D eigenvalue weighted by molar-refractivity contribution is 5.01. The molecule has 0 spiro atoms. The topological polar surface area (TPSA) is 20.2 Å². The van der Waals surface area contributed by atoms with Crippen LogP contribution in [-0.2, 0) is 0 Å². The van der Waals surface area contributed by atoms with E-state index in [0.717, 1.165) is 19.3 Å². The molecule has 0 aliphatic carbocycles. The van der Waals surface area contributed by atoms with Gasteiger partial charge in [-0.25, -0.2) is 0 Å². The molecular formula is C10H20O. The summed E-state index contributed by atoms with van der Waals surface area (Å²) in [4.78, 5) is 0. The van der Waals surface area contributed by atoms with E-state index < -0.39 is 0 Å². The SMILES string of the molecule is CCCCC=C(CO)CCC. The molecule has 0 saturated heterocycles. The van der Waals surface area contributed by atoms with Gasteiger partial charge in [0.1, 0.15) is 0 Å². The molecule has 0 rings (SSSR count). The fraction of sp³-hybridized carbons (Fsp3) is 0.800. The van der Waals surface area contributed by atoms with Crippen LogP contribution < -0.4 is 0 Å². The van der Waals surface area contributed by atoms with Gasteiger partial charge in [-0.15, -0.1) is 0 Å². The molecule has 0 aliphatic heterocycles. The van der Waals surface area contributed by atoms with Crippen molar-refractivity contribution >= 4 is 0 Å². The highest BCUT2D eigenvalue weighted by Gasteiger charge is 1.91. The Morgan fingerprint density at radius 3 is 2.45 bits per heavy atom. The average Bonchev–Trinajstić information content (AvgIpc) is 2.03. The van der Waals surface area contributed by atoms with Gasteiger partial charge in [-0.3, -0.25) is 0 Å². The lowest BCUT2D eigenvalue weighted by molar-refractivity contribution is 0.325. The van der Waals surface area contributed by atoms with Crippen LogP contribution in [0, 0.1) is 0 Å². The van der Waals surface area contributed by atoms with Gasteiger partial charge in [0.25, 0.3) is 0 Å². The Hall–Kier alpha value is -0.300. The van der Waals surface area contributed by atoms with Crippen molar-refractivity contribution in [1.82, 2.24) is 0 Å². The van der Waals surface area contributed by atoms with Gasteiger partial charge in [0, 0.05) is 0 Å². The van der Waals surface area contributed by atoms with Gasteiger partial charge in [-0.1, -0.05) is 39.2 Å². The molecule has 0 aromatic heterocycles. The first kappa shape index (κ1) is 10.7. The molecule has 0 heterocycles. The summed E-state index contributed by atoms with van der Waals surface area (Å²) in [5, 5.41) is 8.89. The van der Waals surface area contributed by atoms with E-state index in [1.807, 2.05) is 0 Å². The smallest absolute Gasteiger partial charge is 0.0641 e. The molecular weight excluding hydrogens is 136 g/mol. The molecule has 0 unspecified atom stereocenters. The van der Waals surface area contributed by atoms with Crippen molar-refractivity contribution in [2.24, 2.45) is 0 Å². The molecule has 1 N–H and O–H groups in total. The van der Waals surface area contributed by atoms with E-state index >= 15 is 0 Å². The zero-order valence-corrected chi connectivity index (χ0v) is 7.77. The van der Waals surface area contributed by atoms with E-state index in [4.69, 9.17) is 5.11 Å². The number of aliphatic hydroxyl groups excluding tert-OH is 1. The van der Waals surface area contributed by atoms with E-state index in [0.29, 0.717) is 0 Å². The summed E-state index contributed by atoms with van der Waals surface area (Å²) in [7, 11) is 0. The highest BCUT2D eigenvalue weighted by atomic mass is 16.3. The molecule has 0 bridgehead atoms. The van der Waals surface area contributed by atoms with Crippen LogP contribution in [-0.4, -0.2) is 11.7 Å². The maximum Gasteiger partial charge on any atom is 0.0641 e. The minimum Gasteiger partial charge on any atom is -0.392 e. The summed E-state index contributed by atoms with van der Waals surface area (Å²) >= 11 is 0. The summed E-state index contributed by atoms with van der Waals surface area (Å²) in [6, 6.07) is 0. The first-order valence-corrected chi connectivity index (χ1v) is 4.63. The Morgan fingerprint density at radius 1 is 1.27 bits per heavy atom. The summed E-state index contributed by atoms with van der Waals surface area (Å²) in [6.45, 7) is 4.58. The molecule has 66 valence electrons. The van der Waals surface area contributed by atoms with Crippen LogP contribution >= 0.6 is 0 Å². The molecule has 0 atom stereocenters. The Bertz CT molecular complexity index is 105. The largest absolute Gasteiger partial charge is 0.392 e. The minimum absolute atomic E-state index is 0.248. The molecule has 0 aromatic rings. The predicted molar refractivity (Wildman–Crippen MR) is 49.6 cm³/mol. The molecule has 0 fully saturated rings. The van der Waals surface area contributed by atoms with Gasteiger partial charge in [0.05, 0.1) is 6.61 Å². The van der Waals surface area contributed by atoms with Crippen LogP contribution in [0.2, 0.25) is 0 Å². The Balaban J connectivity index is 3.52. The summed E-state index contributed by atoms with van der Waals surface area (Å²) < 4.78 is 0. The molecule has 0 aliphatic rings. The molecule has 1 heteroatoms. The van der Waals surface area contributed by atoms with Crippen LogP contribution in [0.4, 0.5) is 0 Å². The zero-order chi connectivity index (χ0) is 8.53. The second-order valence-corrected chi connectivity index (χ2v) is 2.91. The zero-order valence-electron chi connectivity index (χ0n) is 7.77. The highest BCUT2D eigenvalue weighted by Crippen LogP contribution is 2.06. The van der Waals surface area contributed by atoms with Crippen LogP contribution in [0.1, 0.15) is 46.0 Å². The van der Waals surface area contributed by atoms with Crippen molar-refractivity contribution in [2.75, 3.05) is 6.61 Å². The third kappa shape index (κ3) is 6.11. The standard InChI is InChI=1S/C10H20O/c1-3-5-6-8-10(9-11)7-4-2/h8,11H,3-7,9H2,1-2H3. The number of rotatable bonds is 6. The van der Waals surface area contributed by atoms with Crippen LogP contribution in [0.25, 0.3) is 0 Å². The van der Waals surface area contributed by atoms with Gasteiger partial charge in [-0.05, 0) is 18.4 Å².